The number of alkyl halides is 3. The van der Waals surface area contributed by atoms with E-state index in [4.69, 9.17) is 14.6 Å². The molecule has 0 bridgehead atoms. The highest BCUT2D eigenvalue weighted by molar-refractivity contribution is 14.1. The van der Waals surface area contributed by atoms with Crippen molar-refractivity contribution in [2.75, 3.05) is 19.6 Å². The van der Waals surface area contributed by atoms with Gasteiger partial charge in [-0.1, -0.05) is 15.9 Å². The first-order valence-electron chi connectivity index (χ1n) is 9.31. The van der Waals surface area contributed by atoms with Crippen LogP contribution in [0, 0.1) is 15.9 Å². The summed E-state index contributed by atoms with van der Waals surface area (Å²) in [6.45, 7) is 4.00. The zero-order chi connectivity index (χ0) is 23.4. The summed E-state index contributed by atoms with van der Waals surface area (Å²) < 4.78 is 39.2. The van der Waals surface area contributed by atoms with Gasteiger partial charge in [-0.2, -0.15) is 13.2 Å². The standard InChI is InChI=1S/C17H20BrIN2O3.C2HF3O2/c1-10-13(6-11(18)7-14(10)19)15(22)21-9-12-8-17(16(23)24-12)2-4-20-5-3-17;3-2(4,5)1(6)7/h6-7,12,20H,2-5,8-9H2,1H3,(H,21,22);(H,6,7). The van der Waals surface area contributed by atoms with Crippen molar-refractivity contribution >= 4 is 56.4 Å². The van der Waals surface area contributed by atoms with Crippen LogP contribution in [0.15, 0.2) is 16.6 Å². The maximum Gasteiger partial charge on any atom is 0.490 e. The van der Waals surface area contributed by atoms with Crippen LogP contribution in [0.1, 0.15) is 35.2 Å². The lowest BCUT2D eigenvalue weighted by molar-refractivity contribution is -0.192. The molecule has 1 atom stereocenters. The molecule has 1 aromatic rings. The predicted octanol–water partition coefficient (Wildman–Crippen LogP) is 3.41. The summed E-state index contributed by atoms with van der Waals surface area (Å²) in [5.41, 5.74) is 1.26. The fourth-order valence-electron chi connectivity index (χ4n) is 3.45. The number of hydrogen-bond donors (Lipinski definition) is 3. The lowest BCUT2D eigenvalue weighted by atomic mass is 9.76. The van der Waals surface area contributed by atoms with E-state index in [0.29, 0.717) is 18.5 Å². The quantitative estimate of drug-likeness (QED) is 0.354. The number of carbonyl (C=O) groups is 3. The number of hydrogen-bond acceptors (Lipinski definition) is 5. The van der Waals surface area contributed by atoms with E-state index in [1.165, 1.54) is 0 Å². The minimum atomic E-state index is -5.08. The molecule has 2 fully saturated rings. The molecule has 2 aliphatic rings. The summed E-state index contributed by atoms with van der Waals surface area (Å²) in [5.74, 6) is -2.99. The van der Waals surface area contributed by atoms with E-state index >= 15 is 0 Å². The highest BCUT2D eigenvalue weighted by Gasteiger charge is 2.49. The number of carbonyl (C=O) groups excluding carboxylic acids is 2. The Kier molecular flexibility index (Phi) is 8.73. The fraction of sp³-hybridized carbons (Fsp3) is 0.526. The number of carboxylic acid groups (broad SMARTS) is 1. The second kappa shape index (κ2) is 10.5. The van der Waals surface area contributed by atoms with Gasteiger partial charge in [0.1, 0.15) is 6.10 Å². The summed E-state index contributed by atoms with van der Waals surface area (Å²) in [6.07, 6.45) is -2.98. The third-order valence-corrected chi connectivity index (χ3v) is 6.75. The van der Waals surface area contributed by atoms with E-state index < -0.39 is 12.1 Å². The van der Waals surface area contributed by atoms with E-state index in [2.05, 4.69) is 49.2 Å². The summed E-state index contributed by atoms with van der Waals surface area (Å²) in [7, 11) is 0. The molecule has 1 aromatic carbocycles. The van der Waals surface area contributed by atoms with E-state index in [1.807, 2.05) is 19.1 Å². The van der Waals surface area contributed by atoms with Gasteiger partial charge in [0.2, 0.25) is 0 Å². The van der Waals surface area contributed by atoms with Gasteiger partial charge in [0.05, 0.1) is 12.0 Å². The molecule has 0 aliphatic carbocycles. The molecule has 1 spiro atoms. The Morgan fingerprint density at radius 1 is 1.35 bits per heavy atom. The molecular weight excluding hydrogens is 600 g/mol. The van der Waals surface area contributed by atoms with Gasteiger partial charge < -0.3 is 20.5 Å². The third-order valence-electron chi connectivity index (χ3n) is 5.17. The van der Waals surface area contributed by atoms with E-state index in [-0.39, 0.29) is 23.4 Å². The van der Waals surface area contributed by atoms with Crippen LogP contribution in [-0.2, 0) is 14.3 Å². The molecule has 172 valence electrons. The molecule has 2 heterocycles. The number of rotatable bonds is 3. The van der Waals surface area contributed by atoms with Crippen LogP contribution in [0.2, 0.25) is 0 Å². The van der Waals surface area contributed by atoms with Crippen LogP contribution in [0.4, 0.5) is 13.2 Å². The molecule has 3 rings (SSSR count). The van der Waals surface area contributed by atoms with Crippen LogP contribution in [0.5, 0.6) is 0 Å². The first-order valence-corrected chi connectivity index (χ1v) is 11.2. The summed E-state index contributed by atoms with van der Waals surface area (Å²) in [6, 6.07) is 3.80. The number of aliphatic carboxylic acids is 1. The molecule has 7 nitrogen and oxygen atoms in total. The molecule has 2 aliphatic heterocycles. The average molecular weight is 621 g/mol. The predicted molar refractivity (Wildman–Crippen MR) is 117 cm³/mol. The summed E-state index contributed by atoms with van der Waals surface area (Å²) >= 11 is 5.65. The van der Waals surface area contributed by atoms with Crippen molar-refractivity contribution in [3.63, 3.8) is 0 Å². The fourth-order valence-corrected chi connectivity index (χ4v) is 4.96. The smallest absolute Gasteiger partial charge is 0.475 e. The van der Waals surface area contributed by atoms with Crippen LogP contribution in [0.3, 0.4) is 0 Å². The molecule has 1 unspecified atom stereocenters. The topological polar surface area (TPSA) is 105 Å². The van der Waals surface area contributed by atoms with Gasteiger partial charge in [-0.3, -0.25) is 9.59 Å². The molecule has 1 amide bonds. The molecular formula is C19H21BrF3IN2O5. The SMILES string of the molecule is Cc1c(I)cc(Br)cc1C(=O)NCC1CC2(CCNCC2)C(=O)O1.O=C(O)C(F)(F)F. The Bertz CT molecular complexity index is 860. The molecule has 12 heteroatoms. The number of nitrogens with one attached hydrogen (secondary N) is 2. The van der Waals surface area contributed by atoms with Gasteiger partial charge in [0.25, 0.3) is 5.91 Å². The van der Waals surface area contributed by atoms with Crippen molar-refractivity contribution in [2.45, 2.75) is 38.5 Å². The Morgan fingerprint density at radius 3 is 2.48 bits per heavy atom. The maximum atomic E-state index is 12.5. The lowest BCUT2D eigenvalue weighted by Crippen LogP contribution is -2.39. The Hall–Kier alpha value is -1.41. The highest BCUT2D eigenvalue weighted by atomic mass is 127. The van der Waals surface area contributed by atoms with E-state index in [9.17, 15) is 22.8 Å². The number of halogens is 5. The van der Waals surface area contributed by atoms with Crippen molar-refractivity contribution in [2.24, 2.45) is 5.41 Å². The second-order valence-electron chi connectivity index (χ2n) is 7.33. The third kappa shape index (κ3) is 6.78. The first kappa shape index (κ1) is 25.8. The van der Waals surface area contributed by atoms with Gasteiger partial charge in [0, 0.05) is 20.0 Å². The van der Waals surface area contributed by atoms with Gasteiger partial charge in [-0.15, -0.1) is 0 Å². The van der Waals surface area contributed by atoms with Gasteiger partial charge in [0.15, 0.2) is 0 Å². The van der Waals surface area contributed by atoms with Crippen LogP contribution >= 0.6 is 38.5 Å². The second-order valence-corrected chi connectivity index (χ2v) is 9.41. The van der Waals surface area contributed by atoms with Crippen molar-refractivity contribution in [3.05, 3.63) is 31.3 Å². The molecule has 0 radical (unpaired) electrons. The largest absolute Gasteiger partial charge is 0.490 e. The Labute approximate surface area is 198 Å². The van der Waals surface area contributed by atoms with Crippen molar-refractivity contribution in [3.8, 4) is 0 Å². The monoisotopic (exact) mass is 620 g/mol. The van der Waals surface area contributed by atoms with Crippen molar-refractivity contribution in [1.82, 2.24) is 10.6 Å². The van der Waals surface area contributed by atoms with Gasteiger partial charge in [-0.25, -0.2) is 4.79 Å². The van der Waals surface area contributed by atoms with Crippen LogP contribution in [-0.4, -0.2) is 54.9 Å². The highest BCUT2D eigenvalue weighted by Crippen LogP contribution is 2.41. The average Bonchev–Trinajstić information content (AvgIpc) is 2.98. The summed E-state index contributed by atoms with van der Waals surface area (Å²) in [5, 5.41) is 13.3. The normalized spacial score (nSPS) is 19.9. The number of esters is 1. The van der Waals surface area contributed by atoms with Crippen molar-refractivity contribution < 1.29 is 37.4 Å². The summed E-state index contributed by atoms with van der Waals surface area (Å²) in [4.78, 5) is 33.6. The van der Waals surface area contributed by atoms with E-state index in [1.54, 1.807) is 0 Å². The Morgan fingerprint density at radius 2 is 1.94 bits per heavy atom. The number of cyclic esters (lactones) is 1. The van der Waals surface area contributed by atoms with Crippen molar-refractivity contribution in [1.29, 1.82) is 0 Å². The number of carboxylic acids is 1. The number of benzene rings is 1. The Balaban J connectivity index is 0.000000423. The van der Waals surface area contributed by atoms with Gasteiger partial charge in [-0.05, 0) is 73.1 Å². The molecule has 2 saturated heterocycles. The van der Waals surface area contributed by atoms with Crippen LogP contribution < -0.4 is 10.6 Å². The number of amides is 1. The van der Waals surface area contributed by atoms with E-state index in [0.717, 1.165) is 39.5 Å². The number of ether oxygens (including phenoxy) is 1. The maximum absolute atomic E-state index is 12.5. The number of piperidine rings is 1. The minimum absolute atomic E-state index is 0.101. The minimum Gasteiger partial charge on any atom is -0.475 e. The zero-order valence-corrected chi connectivity index (χ0v) is 20.2. The van der Waals surface area contributed by atoms with Crippen LogP contribution in [0.25, 0.3) is 0 Å². The molecule has 31 heavy (non-hydrogen) atoms. The molecule has 0 aromatic heterocycles. The molecule has 3 N–H and O–H groups in total. The lowest BCUT2D eigenvalue weighted by Gasteiger charge is -2.29. The zero-order valence-electron chi connectivity index (χ0n) is 16.4. The first-order chi connectivity index (χ1) is 14.4. The van der Waals surface area contributed by atoms with Gasteiger partial charge >= 0.3 is 18.1 Å². The molecule has 0 saturated carbocycles.